The van der Waals surface area contributed by atoms with Crippen LogP contribution in [0.4, 0.5) is 30.6 Å². The summed E-state index contributed by atoms with van der Waals surface area (Å²) < 4.78 is 65.4. The molecule has 170 valence electrons. The van der Waals surface area contributed by atoms with Crippen molar-refractivity contribution >= 4 is 27.5 Å². The second kappa shape index (κ2) is 9.53. The number of rotatable bonds is 8. The summed E-state index contributed by atoms with van der Waals surface area (Å²) in [6.45, 7) is 3.84. The van der Waals surface area contributed by atoms with Gasteiger partial charge in [-0.25, -0.2) is 18.1 Å². The molecule has 11 heteroatoms. The maximum atomic E-state index is 12.8. The number of sulfonamides is 1. The Balaban J connectivity index is 1.59. The van der Waals surface area contributed by atoms with E-state index in [0.717, 1.165) is 29.4 Å². The van der Waals surface area contributed by atoms with Crippen molar-refractivity contribution in [3.63, 3.8) is 0 Å². The highest BCUT2D eigenvalue weighted by Crippen LogP contribution is 2.30. The molecule has 1 heterocycles. The SMILES string of the molecule is Cc1ccc(Nc2cc(C)nc(NCCNS(=O)(=O)c3cccc(C(F)(F)F)c3)n2)cc1. The van der Waals surface area contributed by atoms with E-state index in [1.165, 1.54) is 0 Å². The van der Waals surface area contributed by atoms with E-state index in [-0.39, 0.29) is 19.0 Å². The van der Waals surface area contributed by atoms with Gasteiger partial charge in [-0.1, -0.05) is 23.8 Å². The molecule has 7 nitrogen and oxygen atoms in total. The zero-order chi connectivity index (χ0) is 23.4. The number of hydrogen-bond donors (Lipinski definition) is 3. The largest absolute Gasteiger partial charge is 0.416 e. The minimum absolute atomic E-state index is 0.0728. The Morgan fingerprint density at radius 2 is 1.66 bits per heavy atom. The molecule has 0 atom stereocenters. The predicted octanol–water partition coefficient (Wildman–Crippen LogP) is 4.25. The van der Waals surface area contributed by atoms with Crippen LogP contribution in [0.25, 0.3) is 0 Å². The molecule has 0 saturated heterocycles. The third-order valence-electron chi connectivity index (χ3n) is 4.35. The van der Waals surface area contributed by atoms with Gasteiger partial charge in [0.25, 0.3) is 0 Å². The van der Waals surface area contributed by atoms with Crippen molar-refractivity contribution in [2.75, 3.05) is 23.7 Å². The van der Waals surface area contributed by atoms with Crippen molar-refractivity contribution in [3.05, 3.63) is 71.4 Å². The van der Waals surface area contributed by atoms with Gasteiger partial charge in [-0.05, 0) is 44.2 Å². The molecule has 0 aliphatic rings. The van der Waals surface area contributed by atoms with Crippen LogP contribution in [0.15, 0.2) is 59.5 Å². The topological polar surface area (TPSA) is 96.0 Å². The van der Waals surface area contributed by atoms with Crippen LogP contribution in [0, 0.1) is 13.8 Å². The molecule has 0 aliphatic heterocycles. The van der Waals surface area contributed by atoms with E-state index in [1.54, 1.807) is 13.0 Å². The van der Waals surface area contributed by atoms with Gasteiger partial charge in [0, 0.05) is 30.5 Å². The van der Waals surface area contributed by atoms with Crippen molar-refractivity contribution in [1.82, 2.24) is 14.7 Å². The zero-order valence-electron chi connectivity index (χ0n) is 17.4. The summed E-state index contributed by atoms with van der Waals surface area (Å²) in [5, 5.41) is 6.08. The minimum atomic E-state index is -4.63. The number of aromatic nitrogens is 2. The predicted molar refractivity (Wildman–Crippen MR) is 116 cm³/mol. The molecular weight excluding hydrogens is 443 g/mol. The van der Waals surface area contributed by atoms with Gasteiger partial charge in [0.1, 0.15) is 5.82 Å². The van der Waals surface area contributed by atoms with Crippen LogP contribution in [-0.2, 0) is 16.2 Å². The highest BCUT2D eigenvalue weighted by Gasteiger charge is 2.31. The first-order valence-electron chi connectivity index (χ1n) is 9.63. The first-order valence-corrected chi connectivity index (χ1v) is 11.1. The van der Waals surface area contributed by atoms with Crippen molar-refractivity contribution in [2.45, 2.75) is 24.9 Å². The molecule has 3 aromatic rings. The molecule has 3 rings (SSSR count). The molecule has 0 aliphatic carbocycles. The van der Waals surface area contributed by atoms with Gasteiger partial charge < -0.3 is 10.6 Å². The lowest BCUT2D eigenvalue weighted by Crippen LogP contribution is -2.29. The summed E-state index contributed by atoms with van der Waals surface area (Å²) in [6, 6.07) is 13.1. The molecule has 0 fully saturated rings. The van der Waals surface area contributed by atoms with Crippen molar-refractivity contribution in [3.8, 4) is 0 Å². The fourth-order valence-corrected chi connectivity index (χ4v) is 3.86. The Kier molecular flexibility index (Phi) is 6.99. The highest BCUT2D eigenvalue weighted by atomic mass is 32.2. The zero-order valence-corrected chi connectivity index (χ0v) is 18.2. The molecule has 1 aromatic heterocycles. The smallest absolute Gasteiger partial charge is 0.353 e. The van der Waals surface area contributed by atoms with Gasteiger partial charge in [-0.2, -0.15) is 18.2 Å². The standard InChI is InChI=1S/C21H22F3N5O2S/c1-14-6-8-17(9-7-14)28-19-12-15(2)27-20(29-19)25-10-11-26-32(30,31)18-5-3-4-16(13-18)21(22,23)24/h3-9,12-13,26H,10-11H2,1-2H3,(H2,25,27,28,29). The first-order chi connectivity index (χ1) is 15.0. The maximum Gasteiger partial charge on any atom is 0.416 e. The number of nitrogens with one attached hydrogen (secondary N) is 3. The Hall–Kier alpha value is -3.18. The number of aryl methyl sites for hydroxylation is 2. The number of hydrogen-bond acceptors (Lipinski definition) is 6. The van der Waals surface area contributed by atoms with E-state index in [0.29, 0.717) is 17.6 Å². The van der Waals surface area contributed by atoms with Crippen LogP contribution in [0.1, 0.15) is 16.8 Å². The lowest BCUT2D eigenvalue weighted by Gasteiger charge is -2.12. The monoisotopic (exact) mass is 465 g/mol. The third kappa shape index (κ3) is 6.41. The summed E-state index contributed by atoms with van der Waals surface area (Å²) in [7, 11) is -4.10. The quantitative estimate of drug-likeness (QED) is 0.431. The first kappa shape index (κ1) is 23.5. The molecular formula is C21H22F3N5O2S. The van der Waals surface area contributed by atoms with Gasteiger partial charge in [0.15, 0.2) is 0 Å². The molecule has 2 aromatic carbocycles. The van der Waals surface area contributed by atoms with Crippen LogP contribution >= 0.6 is 0 Å². The van der Waals surface area contributed by atoms with E-state index in [2.05, 4.69) is 25.3 Å². The van der Waals surface area contributed by atoms with Crippen LogP contribution in [-0.4, -0.2) is 31.5 Å². The molecule has 0 saturated carbocycles. The van der Waals surface area contributed by atoms with E-state index in [9.17, 15) is 21.6 Å². The van der Waals surface area contributed by atoms with Crippen LogP contribution in [0.2, 0.25) is 0 Å². The molecule has 0 bridgehead atoms. The summed E-state index contributed by atoms with van der Waals surface area (Å²) in [5.41, 5.74) is 1.65. The van der Waals surface area contributed by atoms with E-state index in [1.807, 2.05) is 31.2 Å². The van der Waals surface area contributed by atoms with E-state index in [4.69, 9.17) is 0 Å². The summed E-state index contributed by atoms with van der Waals surface area (Å²) in [4.78, 5) is 8.15. The van der Waals surface area contributed by atoms with E-state index < -0.39 is 26.7 Å². The fourth-order valence-electron chi connectivity index (χ4n) is 2.78. The number of halogens is 3. The van der Waals surface area contributed by atoms with Gasteiger partial charge >= 0.3 is 6.18 Å². The normalized spacial score (nSPS) is 11.9. The Labute approximate surface area is 184 Å². The summed E-state index contributed by atoms with van der Waals surface area (Å²) >= 11 is 0. The Bertz CT molecular complexity index is 1180. The Morgan fingerprint density at radius 1 is 0.938 bits per heavy atom. The number of anilines is 3. The average molecular weight is 466 g/mol. The Morgan fingerprint density at radius 3 is 2.34 bits per heavy atom. The average Bonchev–Trinajstić information content (AvgIpc) is 2.72. The summed E-state index contributed by atoms with van der Waals surface area (Å²) in [5.74, 6) is 0.853. The van der Waals surface area contributed by atoms with Crippen LogP contribution in [0.5, 0.6) is 0 Å². The number of alkyl halides is 3. The van der Waals surface area contributed by atoms with Crippen molar-refractivity contribution in [2.24, 2.45) is 0 Å². The fraction of sp³-hybridized carbons (Fsp3) is 0.238. The lowest BCUT2D eigenvalue weighted by molar-refractivity contribution is -0.137. The van der Waals surface area contributed by atoms with Crippen LogP contribution < -0.4 is 15.4 Å². The van der Waals surface area contributed by atoms with Crippen molar-refractivity contribution < 1.29 is 21.6 Å². The van der Waals surface area contributed by atoms with Crippen molar-refractivity contribution in [1.29, 1.82) is 0 Å². The van der Waals surface area contributed by atoms with Gasteiger partial charge in [-0.15, -0.1) is 0 Å². The van der Waals surface area contributed by atoms with Gasteiger partial charge in [0.05, 0.1) is 10.5 Å². The second-order valence-electron chi connectivity index (χ2n) is 7.06. The lowest BCUT2D eigenvalue weighted by atomic mass is 10.2. The molecule has 0 spiro atoms. The summed E-state index contributed by atoms with van der Waals surface area (Å²) in [6.07, 6.45) is -4.63. The minimum Gasteiger partial charge on any atom is -0.353 e. The molecule has 3 N–H and O–H groups in total. The van der Waals surface area contributed by atoms with Crippen LogP contribution in [0.3, 0.4) is 0 Å². The third-order valence-corrected chi connectivity index (χ3v) is 5.81. The number of benzene rings is 2. The van der Waals surface area contributed by atoms with Gasteiger partial charge in [0.2, 0.25) is 16.0 Å². The molecule has 0 radical (unpaired) electrons. The molecule has 0 amide bonds. The maximum absolute atomic E-state index is 12.8. The van der Waals surface area contributed by atoms with E-state index >= 15 is 0 Å². The molecule has 32 heavy (non-hydrogen) atoms. The van der Waals surface area contributed by atoms with Gasteiger partial charge in [-0.3, -0.25) is 0 Å². The molecule has 0 unspecified atom stereocenters. The second-order valence-corrected chi connectivity index (χ2v) is 8.83. The number of nitrogens with zero attached hydrogens (tertiary/aromatic N) is 2. The highest BCUT2D eigenvalue weighted by molar-refractivity contribution is 7.89.